The van der Waals surface area contributed by atoms with Gasteiger partial charge in [0.15, 0.2) is 0 Å². The molecule has 0 saturated heterocycles. The van der Waals surface area contributed by atoms with Gasteiger partial charge in [0.1, 0.15) is 5.54 Å². The van der Waals surface area contributed by atoms with Crippen LogP contribution in [0.15, 0.2) is 5.11 Å². The second-order valence-corrected chi connectivity index (χ2v) is 5.39. The molecule has 0 bridgehead atoms. The maximum Gasteiger partial charge on any atom is 0.326 e. The predicted octanol–water partition coefficient (Wildman–Crippen LogP) is 3.18. The fourth-order valence-corrected chi connectivity index (χ4v) is 2.93. The number of carbonyl (C=O) groups is 1. The summed E-state index contributed by atoms with van der Waals surface area (Å²) >= 11 is 0. The molecule has 6 heteroatoms. The van der Waals surface area contributed by atoms with Gasteiger partial charge in [-0.05, 0) is 37.6 Å². The Bertz CT molecular complexity index is 355. The van der Waals surface area contributed by atoms with Crippen LogP contribution in [-0.4, -0.2) is 31.2 Å². The summed E-state index contributed by atoms with van der Waals surface area (Å²) in [5.74, 6) is 0.544. The lowest BCUT2D eigenvalue weighted by Gasteiger charge is -2.31. The van der Waals surface area contributed by atoms with Gasteiger partial charge in [-0.25, -0.2) is 0 Å². The minimum atomic E-state index is -0.592. The van der Waals surface area contributed by atoms with Crippen LogP contribution in [0.1, 0.15) is 52.4 Å². The van der Waals surface area contributed by atoms with Gasteiger partial charge in [0.2, 0.25) is 0 Å². The van der Waals surface area contributed by atoms with Crippen LogP contribution in [0.5, 0.6) is 0 Å². The molecular formula is C14H26N4O2. The highest BCUT2D eigenvalue weighted by Gasteiger charge is 2.40. The lowest BCUT2D eigenvalue weighted by atomic mass is 9.89. The van der Waals surface area contributed by atoms with Gasteiger partial charge in [-0.1, -0.05) is 31.3 Å². The maximum atomic E-state index is 12.3. The summed E-state index contributed by atoms with van der Waals surface area (Å²) in [5.41, 5.74) is 7.72. The number of carbonyl (C=O) groups excluding carboxylic acids is 1. The van der Waals surface area contributed by atoms with Gasteiger partial charge in [-0.3, -0.25) is 4.79 Å². The van der Waals surface area contributed by atoms with E-state index in [1.54, 1.807) is 0 Å². The van der Waals surface area contributed by atoms with Crippen molar-refractivity contribution in [3.05, 3.63) is 10.4 Å². The summed E-state index contributed by atoms with van der Waals surface area (Å²) in [4.78, 5) is 15.1. The number of hydrogen-bond donors (Lipinski definition) is 1. The van der Waals surface area contributed by atoms with Crippen LogP contribution < -0.4 is 5.32 Å². The molecule has 6 nitrogen and oxygen atoms in total. The summed E-state index contributed by atoms with van der Waals surface area (Å²) < 4.78 is 5.26. The minimum Gasteiger partial charge on any atom is -0.465 e. The molecule has 0 spiro atoms. The Balaban J connectivity index is 2.72. The van der Waals surface area contributed by atoms with Crippen molar-refractivity contribution in [1.29, 1.82) is 0 Å². The Morgan fingerprint density at radius 3 is 2.90 bits per heavy atom. The number of nitrogens with one attached hydrogen (secondary N) is 1. The lowest BCUT2D eigenvalue weighted by molar-refractivity contribution is -0.152. The molecule has 114 valence electrons. The van der Waals surface area contributed by atoms with Gasteiger partial charge < -0.3 is 10.1 Å². The Morgan fingerprint density at radius 2 is 2.25 bits per heavy atom. The normalized spacial score (nSPS) is 26.4. The summed E-state index contributed by atoms with van der Waals surface area (Å²) in [7, 11) is 0. The first-order valence-electron chi connectivity index (χ1n) is 7.61. The largest absolute Gasteiger partial charge is 0.465 e. The Labute approximate surface area is 120 Å². The SMILES string of the molecule is CCOC(=O)C1(NCCN=[N+]=[N-])CCCC(CC)CC1. The van der Waals surface area contributed by atoms with E-state index in [2.05, 4.69) is 22.3 Å². The smallest absolute Gasteiger partial charge is 0.326 e. The summed E-state index contributed by atoms with van der Waals surface area (Å²) in [5, 5.41) is 6.81. The van der Waals surface area contributed by atoms with Gasteiger partial charge in [-0.15, -0.1) is 0 Å². The van der Waals surface area contributed by atoms with Crippen LogP contribution in [-0.2, 0) is 9.53 Å². The number of azide groups is 1. The minimum absolute atomic E-state index is 0.155. The molecule has 1 fully saturated rings. The van der Waals surface area contributed by atoms with Crippen LogP contribution in [0.4, 0.5) is 0 Å². The standard InChI is InChI=1S/C14H26N4O2/c1-3-12-6-5-8-14(9-7-12,13(19)20-4-2)16-10-11-17-18-15/h12,16H,3-11H2,1-2H3. The highest BCUT2D eigenvalue weighted by atomic mass is 16.5. The monoisotopic (exact) mass is 282 g/mol. The number of esters is 1. The van der Waals surface area contributed by atoms with Crippen molar-refractivity contribution in [3.63, 3.8) is 0 Å². The first kappa shape index (κ1) is 16.8. The lowest BCUT2D eigenvalue weighted by Crippen LogP contribution is -2.53. The van der Waals surface area contributed by atoms with Gasteiger partial charge in [0.05, 0.1) is 6.61 Å². The highest BCUT2D eigenvalue weighted by Crippen LogP contribution is 2.32. The zero-order valence-corrected chi connectivity index (χ0v) is 12.6. The third-order valence-corrected chi connectivity index (χ3v) is 4.18. The zero-order valence-electron chi connectivity index (χ0n) is 12.6. The Morgan fingerprint density at radius 1 is 1.45 bits per heavy atom. The number of rotatable bonds is 7. The molecule has 1 saturated carbocycles. The van der Waals surface area contributed by atoms with E-state index >= 15 is 0 Å². The van der Waals surface area contributed by atoms with E-state index in [-0.39, 0.29) is 5.97 Å². The summed E-state index contributed by atoms with van der Waals surface area (Å²) in [6, 6.07) is 0. The van der Waals surface area contributed by atoms with Gasteiger partial charge in [0, 0.05) is 18.0 Å². The second kappa shape index (κ2) is 8.82. The maximum absolute atomic E-state index is 12.3. The number of nitrogens with zero attached hydrogens (tertiary/aromatic N) is 3. The van der Waals surface area contributed by atoms with Crippen molar-refractivity contribution in [1.82, 2.24) is 5.32 Å². The highest BCUT2D eigenvalue weighted by molar-refractivity contribution is 5.80. The molecule has 1 aliphatic rings. The average molecular weight is 282 g/mol. The molecule has 1 aliphatic carbocycles. The molecule has 20 heavy (non-hydrogen) atoms. The van der Waals surface area contributed by atoms with Crippen molar-refractivity contribution >= 4 is 5.97 Å². The third-order valence-electron chi connectivity index (χ3n) is 4.18. The van der Waals surface area contributed by atoms with E-state index in [0.29, 0.717) is 25.6 Å². The van der Waals surface area contributed by atoms with Crippen molar-refractivity contribution < 1.29 is 9.53 Å². The van der Waals surface area contributed by atoms with Crippen LogP contribution in [0.3, 0.4) is 0 Å². The van der Waals surface area contributed by atoms with Gasteiger partial charge >= 0.3 is 5.97 Å². The quantitative estimate of drug-likeness (QED) is 0.194. The van der Waals surface area contributed by atoms with E-state index in [4.69, 9.17) is 10.3 Å². The van der Waals surface area contributed by atoms with Gasteiger partial charge in [0.25, 0.3) is 0 Å². The third kappa shape index (κ3) is 4.69. The zero-order chi connectivity index (χ0) is 14.8. The van der Waals surface area contributed by atoms with Crippen molar-refractivity contribution in [2.24, 2.45) is 11.0 Å². The predicted molar refractivity (Wildman–Crippen MR) is 78.2 cm³/mol. The molecule has 0 aromatic carbocycles. The van der Waals surface area contributed by atoms with E-state index < -0.39 is 5.54 Å². The molecule has 0 aromatic rings. The van der Waals surface area contributed by atoms with Crippen LogP contribution in [0.2, 0.25) is 0 Å². The number of ether oxygens (including phenoxy) is 1. The molecule has 0 aliphatic heterocycles. The fraction of sp³-hybridized carbons (Fsp3) is 0.929. The van der Waals surface area contributed by atoms with Crippen molar-refractivity contribution in [2.75, 3.05) is 19.7 Å². The second-order valence-electron chi connectivity index (χ2n) is 5.39. The van der Waals surface area contributed by atoms with Crippen LogP contribution in [0, 0.1) is 5.92 Å². The average Bonchev–Trinajstić information content (AvgIpc) is 2.67. The first-order valence-corrected chi connectivity index (χ1v) is 7.61. The Hall–Kier alpha value is -1.26. The van der Waals surface area contributed by atoms with Crippen LogP contribution in [0.25, 0.3) is 10.4 Å². The summed E-state index contributed by atoms with van der Waals surface area (Å²) in [6.07, 6.45) is 6.03. The molecule has 1 rings (SSSR count). The fourth-order valence-electron chi connectivity index (χ4n) is 2.93. The van der Waals surface area contributed by atoms with E-state index in [1.807, 2.05) is 6.92 Å². The molecule has 0 amide bonds. The molecule has 0 heterocycles. The van der Waals surface area contributed by atoms with Gasteiger partial charge in [-0.2, -0.15) is 0 Å². The molecular weight excluding hydrogens is 256 g/mol. The number of hydrogen-bond acceptors (Lipinski definition) is 4. The van der Waals surface area contributed by atoms with E-state index in [0.717, 1.165) is 32.1 Å². The first-order chi connectivity index (χ1) is 9.68. The van der Waals surface area contributed by atoms with Crippen LogP contribution >= 0.6 is 0 Å². The van der Waals surface area contributed by atoms with E-state index in [9.17, 15) is 4.79 Å². The summed E-state index contributed by atoms with van der Waals surface area (Å²) in [6.45, 7) is 5.30. The van der Waals surface area contributed by atoms with E-state index in [1.165, 1.54) is 6.42 Å². The molecule has 0 radical (unpaired) electrons. The van der Waals surface area contributed by atoms with Crippen molar-refractivity contribution in [2.45, 2.75) is 57.9 Å². The Kier molecular flexibility index (Phi) is 7.41. The molecule has 1 N–H and O–H groups in total. The molecule has 2 atom stereocenters. The molecule has 2 unspecified atom stereocenters. The molecule has 0 aromatic heterocycles. The topological polar surface area (TPSA) is 87.1 Å². The van der Waals surface area contributed by atoms with Crippen molar-refractivity contribution in [3.8, 4) is 0 Å².